The van der Waals surface area contributed by atoms with Crippen LogP contribution in [0.5, 0.6) is 0 Å². The second kappa shape index (κ2) is 5.86. The Labute approximate surface area is 145 Å². The number of hydrogen-bond acceptors (Lipinski definition) is 4. The minimum atomic E-state index is -4.21. The molecule has 2 aliphatic heterocycles. The summed E-state index contributed by atoms with van der Waals surface area (Å²) >= 11 is 0. The average Bonchev–Trinajstić information content (AvgIpc) is 2.51. The summed E-state index contributed by atoms with van der Waals surface area (Å²) in [4.78, 5) is 13.2. The van der Waals surface area contributed by atoms with E-state index in [-0.39, 0.29) is 5.56 Å². The van der Waals surface area contributed by atoms with Crippen molar-refractivity contribution in [2.75, 3.05) is 31.1 Å². The summed E-state index contributed by atoms with van der Waals surface area (Å²) in [5.41, 5.74) is 1.19. The van der Waals surface area contributed by atoms with Gasteiger partial charge in [0.25, 0.3) is 0 Å². The summed E-state index contributed by atoms with van der Waals surface area (Å²) in [5.74, 6) is 0.841. The first-order valence-electron chi connectivity index (χ1n) is 8.58. The summed E-state index contributed by atoms with van der Waals surface area (Å²) in [7, 11) is 2.15. The highest BCUT2D eigenvalue weighted by atomic mass is 19.4. The molecule has 1 aromatic carbocycles. The van der Waals surface area contributed by atoms with Crippen molar-refractivity contribution in [2.45, 2.75) is 25.4 Å². The van der Waals surface area contributed by atoms with Crippen LogP contribution in [0.25, 0.3) is 10.9 Å². The minimum Gasteiger partial charge on any atom is -0.355 e. The molecule has 0 saturated carbocycles. The molecule has 0 aliphatic carbocycles. The first-order chi connectivity index (χ1) is 11.8. The van der Waals surface area contributed by atoms with E-state index in [1.807, 2.05) is 0 Å². The fraction of sp³-hybridized carbons (Fsp3) is 0.529. The Morgan fingerprint density at radius 2 is 1.84 bits per heavy atom. The number of rotatable bonds is 2. The van der Waals surface area contributed by atoms with Crippen molar-refractivity contribution < 1.29 is 13.2 Å². The van der Waals surface area contributed by atoms with Crippen molar-refractivity contribution >= 4 is 24.7 Å². The van der Waals surface area contributed by atoms with Gasteiger partial charge in [-0.15, -0.1) is 0 Å². The van der Waals surface area contributed by atoms with Gasteiger partial charge < -0.3 is 9.71 Å². The first kappa shape index (κ1) is 16.6. The molecule has 0 bridgehead atoms. The molecule has 2 aromatic rings. The topological polar surface area (TPSA) is 32.3 Å². The van der Waals surface area contributed by atoms with E-state index in [1.54, 1.807) is 6.07 Å². The molecule has 0 N–H and O–H groups in total. The number of fused-ring (bicyclic) bond motifs is 1. The van der Waals surface area contributed by atoms with E-state index in [9.17, 15) is 13.2 Å². The van der Waals surface area contributed by atoms with Gasteiger partial charge in [-0.05, 0) is 43.6 Å². The van der Waals surface area contributed by atoms with E-state index in [0.29, 0.717) is 10.9 Å². The average molecular weight is 348 g/mol. The van der Waals surface area contributed by atoms with Gasteiger partial charge in [-0.3, -0.25) is 0 Å². The molecule has 0 atom stereocenters. The largest absolute Gasteiger partial charge is 0.393 e. The molecule has 2 saturated heterocycles. The van der Waals surface area contributed by atoms with Gasteiger partial charge in [0.2, 0.25) is 0 Å². The molecule has 0 unspecified atom stereocenters. The van der Waals surface area contributed by atoms with E-state index in [4.69, 9.17) is 0 Å². The van der Waals surface area contributed by atoms with E-state index in [1.165, 1.54) is 31.3 Å². The van der Waals surface area contributed by atoms with Crippen molar-refractivity contribution in [1.29, 1.82) is 0 Å². The molecular weight excluding hydrogens is 328 g/mol. The molecule has 132 valence electrons. The lowest BCUT2D eigenvalue weighted by Gasteiger charge is -2.54. The highest BCUT2D eigenvalue weighted by Gasteiger charge is 2.45. The first-order valence-corrected chi connectivity index (χ1v) is 8.58. The molecule has 1 aromatic heterocycles. The van der Waals surface area contributed by atoms with Crippen LogP contribution in [0.3, 0.4) is 0 Å². The number of aromatic nitrogens is 2. The van der Waals surface area contributed by atoms with Crippen LogP contribution in [0.15, 0.2) is 24.5 Å². The predicted molar refractivity (Wildman–Crippen MR) is 93.3 cm³/mol. The standard InChI is InChI=1S/C17H20BF3N4/c18-25-5-3-16(4-6-25)9-24(10-16)15-13-2-1-12(8-17(19,20)21)7-14(13)22-11-23-15/h1-2,7,11H,3-6,8-10,18H2. The lowest BCUT2D eigenvalue weighted by molar-refractivity contribution is -0.127. The molecule has 4 rings (SSSR count). The highest BCUT2D eigenvalue weighted by molar-refractivity contribution is 6.04. The van der Waals surface area contributed by atoms with Gasteiger partial charge in [0, 0.05) is 23.9 Å². The van der Waals surface area contributed by atoms with Gasteiger partial charge in [-0.1, -0.05) is 6.07 Å². The zero-order valence-corrected chi connectivity index (χ0v) is 14.2. The van der Waals surface area contributed by atoms with E-state index in [0.717, 1.165) is 37.4 Å². The Balaban J connectivity index is 1.55. The highest BCUT2D eigenvalue weighted by Crippen LogP contribution is 2.43. The molecule has 2 fully saturated rings. The van der Waals surface area contributed by atoms with E-state index in [2.05, 4.69) is 27.7 Å². The number of alkyl halides is 3. The number of piperidine rings is 1. The zero-order valence-electron chi connectivity index (χ0n) is 14.2. The van der Waals surface area contributed by atoms with Gasteiger partial charge in [0.15, 0.2) is 7.98 Å². The third-order valence-corrected chi connectivity index (χ3v) is 5.48. The normalized spacial score (nSPS) is 20.8. The van der Waals surface area contributed by atoms with Crippen LogP contribution in [0.1, 0.15) is 18.4 Å². The zero-order chi connectivity index (χ0) is 17.7. The van der Waals surface area contributed by atoms with Crippen molar-refractivity contribution in [3.05, 3.63) is 30.1 Å². The maximum Gasteiger partial charge on any atom is 0.393 e. The minimum absolute atomic E-state index is 0.236. The van der Waals surface area contributed by atoms with Crippen molar-refractivity contribution in [3.8, 4) is 0 Å². The summed E-state index contributed by atoms with van der Waals surface area (Å²) in [6.45, 7) is 4.19. The maximum atomic E-state index is 12.6. The number of benzene rings is 1. The Bertz CT molecular complexity index is 779. The third kappa shape index (κ3) is 3.32. The van der Waals surface area contributed by atoms with Gasteiger partial charge in [-0.2, -0.15) is 13.2 Å². The van der Waals surface area contributed by atoms with Gasteiger partial charge in [0.1, 0.15) is 12.1 Å². The van der Waals surface area contributed by atoms with Crippen molar-refractivity contribution in [2.24, 2.45) is 5.41 Å². The molecular formula is C17H20BF3N4. The Morgan fingerprint density at radius 3 is 2.52 bits per heavy atom. The second-order valence-corrected chi connectivity index (χ2v) is 7.50. The lowest BCUT2D eigenvalue weighted by atomic mass is 9.71. The summed E-state index contributed by atoms with van der Waals surface area (Å²) in [5, 5.41) is 0.830. The third-order valence-electron chi connectivity index (χ3n) is 5.48. The summed E-state index contributed by atoms with van der Waals surface area (Å²) < 4.78 is 37.8. The summed E-state index contributed by atoms with van der Waals surface area (Å²) in [6, 6.07) is 4.79. The fourth-order valence-corrected chi connectivity index (χ4v) is 4.00. The van der Waals surface area contributed by atoms with Crippen LogP contribution in [-0.4, -0.2) is 55.1 Å². The monoisotopic (exact) mass is 348 g/mol. The number of halogens is 3. The molecule has 0 amide bonds. The molecule has 25 heavy (non-hydrogen) atoms. The van der Waals surface area contributed by atoms with Crippen LogP contribution >= 0.6 is 0 Å². The Morgan fingerprint density at radius 1 is 1.12 bits per heavy atom. The van der Waals surface area contributed by atoms with Gasteiger partial charge in [0.05, 0.1) is 11.9 Å². The molecule has 3 heterocycles. The van der Waals surface area contributed by atoms with Crippen LogP contribution in [-0.2, 0) is 6.42 Å². The predicted octanol–water partition coefficient (Wildman–Crippen LogP) is 2.18. The van der Waals surface area contributed by atoms with Crippen molar-refractivity contribution in [1.82, 2.24) is 14.8 Å². The number of hydrogen-bond donors (Lipinski definition) is 0. The van der Waals surface area contributed by atoms with Crippen molar-refractivity contribution in [3.63, 3.8) is 0 Å². The smallest absolute Gasteiger partial charge is 0.355 e. The summed E-state index contributed by atoms with van der Waals surface area (Å²) in [6.07, 6.45) is -1.30. The lowest BCUT2D eigenvalue weighted by Crippen LogP contribution is -2.60. The second-order valence-electron chi connectivity index (χ2n) is 7.50. The van der Waals surface area contributed by atoms with Crippen LogP contribution in [0.2, 0.25) is 0 Å². The van der Waals surface area contributed by atoms with E-state index >= 15 is 0 Å². The molecule has 8 heteroatoms. The van der Waals surface area contributed by atoms with Gasteiger partial charge in [-0.25, -0.2) is 9.97 Å². The van der Waals surface area contributed by atoms with Gasteiger partial charge >= 0.3 is 6.18 Å². The van der Waals surface area contributed by atoms with Crippen LogP contribution < -0.4 is 4.90 Å². The Kier molecular flexibility index (Phi) is 3.90. The molecule has 4 nitrogen and oxygen atoms in total. The quantitative estimate of drug-likeness (QED) is 0.779. The van der Waals surface area contributed by atoms with E-state index < -0.39 is 12.6 Å². The Hall–Kier alpha value is -1.83. The van der Waals surface area contributed by atoms with Crippen LogP contribution in [0, 0.1) is 5.41 Å². The van der Waals surface area contributed by atoms with Crippen LogP contribution in [0.4, 0.5) is 19.0 Å². The maximum absolute atomic E-state index is 12.6. The fourth-order valence-electron chi connectivity index (χ4n) is 4.00. The number of nitrogens with zero attached hydrogens (tertiary/aromatic N) is 4. The SMILES string of the molecule is BN1CCC2(CC1)CN(c1ncnc3cc(CC(F)(F)F)ccc13)C2. The number of anilines is 1. The molecule has 0 radical (unpaired) electrons. The molecule has 1 spiro atoms. The molecule has 2 aliphatic rings.